The van der Waals surface area contributed by atoms with Crippen molar-refractivity contribution in [1.82, 2.24) is 0 Å². The number of anilines is 1. The summed E-state index contributed by atoms with van der Waals surface area (Å²) in [6.07, 6.45) is 1.86. The lowest BCUT2D eigenvalue weighted by Gasteiger charge is -2.26. The first kappa shape index (κ1) is 25.6. The van der Waals surface area contributed by atoms with E-state index in [2.05, 4.69) is 6.92 Å². The molecule has 0 saturated carbocycles. The van der Waals surface area contributed by atoms with Crippen LogP contribution >= 0.6 is 11.6 Å². The highest BCUT2D eigenvalue weighted by atomic mass is 35.5. The SMILES string of the molecule is CCCCOc1ccc(C2c3c(oc4ccc(F)cc4c3=O)C(=O)N2c2ccc(OC)c(Cl)c2)cc1OC. The van der Waals surface area contributed by atoms with E-state index in [-0.39, 0.29) is 27.3 Å². The van der Waals surface area contributed by atoms with Crippen molar-refractivity contribution in [3.63, 3.8) is 0 Å². The highest BCUT2D eigenvalue weighted by Crippen LogP contribution is 2.44. The monoisotopic (exact) mass is 537 g/mol. The van der Waals surface area contributed by atoms with Crippen molar-refractivity contribution in [1.29, 1.82) is 0 Å². The maximum atomic E-state index is 14.1. The molecule has 7 nitrogen and oxygen atoms in total. The average Bonchev–Trinajstić information content (AvgIpc) is 3.21. The summed E-state index contributed by atoms with van der Waals surface area (Å²) >= 11 is 6.40. The van der Waals surface area contributed by atoms with Gasteiger partial charge < -0.3 is 18.6 Å². The highest BCUT2D eigenvalue weighted by molar-refractivity contribution is 6.32. The van der Waals surface area contributed by atoms with Crippen LogP contribution in [0.4, 0.5) is 10.1 Å². The Morgan fingerprint density at radius 1 is 0.974 bits per heavy atom. The van der Waals surface area contributed by atoms with E-state index in [1.807, 2.05) is 0 Å². The Hall–Kier alpha value is -4.04. The van der Waals surface area contributed by atoms with E-state index in [9.17, 15) is 14.0 Å². The summed E-state index contributed by atoms with van der Waals surface area (Å²) in [4.78, 5) is 29.0. The largest absolute Gasteiger partial charge is 0.495 e. The fourth-order valence-electron chi connectivity index (χ4n) is 4.63. The number of carbonyl (C=O) groups excluding carboxylic acids is 1. The summed E-state index contributed by atoms with van der Waals surface area (Å²) < 4.78 is 36.7. The van der Waals surface area contributed by atoms with Crippen LogP contribution < -0.4 is 24.5 Å². The lowest BCUT2D eigenvalue weighted by atomic mass is 9.97. The number of hydrogen-bond donors (Lipinski definition) is 0. The average molecular weight is 538 g/mol. The number of nitrogens with zero attached hydrogens (tertiary/aromatic N) is 1. The maximum Gasteiger partial charge on any atom is 0.295 e. The van der Waals surface area contributed by atoms with Crippen LogP contribution in [0, 0.1) is 5.82 Å². The van der Waals surface area contributed by atoms with E-state index >= 15 is 0 Å². The second-order valence-electron chi connectivity index (χ2n) is 8.82. The van der Waals surface area contributed by atoms with Gasteiger partial charge in [0.15, 0.2) is 16.9 Å². The number of unbranched alkanes of at least 4 members (excludes halogenated alkanes) is 1. The van der Waals surface area contributed by atoms with Crippen molar-refractivity contribution < 1.29 is 27.8 Å². The van der Waals surface area contributed by atoms with Gasteiger partial charge in [-0.3, -0.25) is 14.5 Å². The van der Waals surface area contributed by atoms with Gasteiger partial charge in [0.2, 0.25) is 5.76 Å². The highest BCUT2D eigenvalue weighted by Gasteiger charge is 2.44. The molecule has 38 heavy (non-hydrogen) atoms. The summed E-state index contributed by atoms with van der Waals surface area (Å²) in [6.45, 7) is 2.59. The quantitative estimate of drug-likeness (QED) is 0.238. The van der Waals surface area contributed by atoms with Gasteiger partial charge in [-0.2, -0.15) is 0 Å². The van der Waals surface area contributed by atoms with Crippen LogP contribution in [0.1, 0.15) is 47.5 Å². The molecular weight excluding hydrogens is 513 g/mol. The summed E-state index contributed by atoms with van der Waals surface area (Å²) in [5.41, 5.74) is 0.722. The first-order chi connectivity index (χ1) is 18.4. The Kier molecular flexibility index (Phi) is 6.99. The van der Waals surface area contributed by atoms with Crippen LogP contribution in [0.3, 0.4) is 0 Å². The number of halogens is 2. The molecule has 1 unspecified atom stereocenters. The van der Waals surface area contributed by atoms with Gasteiger partial charge in [-0.15, -0.1) is 0 Å². The maximum absolute atomic E-state index is 14.1. The van der Waals surface area contributed by atoms with E-state index in [1.54, 1.807) is 36.4 Å². The molecule has 0 aliphatic carbocycles. The van der Waals surface area contributed by atoms with Crippen LogP contribution in [-0.2, 0) is 0 Å². The van der Waals surface area contributed by atoms with E-state index < -0.39 is 23.2 Å². The van der Waals surface area contributed by atoms with Crippen molar-refractivity contribution >= 4 is 34.2 Å². The van der Waals surface area contributed by atoms with Crippen LogP contribution in [0.5, 0.6) is 17.2 Å². The summed E-state index contributed by atoms with van der Waals surface area (Å²) in [5, 5.41) is 0.332. The Balaban J connectivity index is 1.72. The third-order valence-electron chi connectivity index (χ3n) is 6.50. The lowest BCUT2D eigenvalue weighted by molar-refractivity contribution is 0.0971. The smallest absolute Gasteiger partial charge is 0.295 e. The normalized spacial score (nSPS) is 14.6. The second kappa shape index (κ2) is 10.4. The Morgan fingerprint density at radius 2 is 1.74 bits per heavy atom. The number of methoxy groups -OCH3 is 2. The molecule has 196 valence electrons. The number of carbonyl (C=O) groups is 1. The minimum atomic E-state index is -0.899. The van der Waals surface area contributed by atoms with Crippen molar-refractivity contribution in [2.24, 2.45) is 0 Å². The number of amides is 1. The van der Waals surface area contributed by atoms with Crippen molar-refractivity contribution in [2.75, 3.05) is 25.7 Å². The third kappa shape index (κ3) is 4.35. The number of ether oxygens (including phenoxy) is 3. The number of rotatable bonds is 8. The molecule has 3 aromatic carbocycles. The molecule has 0 saturated heterocycles. The van der Waals surface area contributed by atoms with Crippen molar-refractivity contribution in [3.8, 4) is 17.2 Å². The summed E-state index contributed by atoms with van der Waals surface area (Å²) in [7, 11) is 3.01. The number of fused-ring (bicyclic) bond motifs is 2. The molecule has 1 aliphatic heterocycles. The third-order valence-corrected chi connectivity index (χ3v) is 6.80. The predicted molar refractivity (Wildman–Crippen MR) is 142 cm³/mol. The van der Waals surface area contributed by atoms with E-state index in [0.717, 1.165) is 18.9 Å². The van der Waals surface area contributed by atoms with Gasteiger partial charge in [-0.1, -0.05) is 31.0 Å². The molecular formula is C29H25ClFNO6. The number of benzene rings is 3. The fraction of sp³-hybridized carbons (Fsp3) is 0.241. The van der Waals surface area contributed by atoms with Crippen LogP contribution in [0.15, 0.2) is 63.8 Å². The predicted octanol–water partition coefficient (Wildman–Crippen LogP) is 6.53. The Labute approximate surface area is 223 Å². The topological polar surface area (TPSA) is 78.2 Å². The zero-order valence-electron chi connectivity index (χ0n) is 21.0. The fourth-order valence-corrected chi connectivity index (χ4v) is 4.88. The van der Waals surface area contributed by atoms with Crippen LogP contribution in [-0.4, -0.2) is 26.7 Å². The van der Waals surface area contributed by atoms with Crippen molar-refractivity contribution in [3.05, 3.63) is 92.5 Å². The molecule has 0 radical (unpaired) electrons. The van der Waals surface area contributed by atoms with Crippen LogP contribution in [0.2, 0.25) is 5.02 Å². The second-order valence-corrected chi connectivity index (χ2v) is 9.23. The molecule has 1 atom stereocenters. The van der Waals surface area contributed by atoms with Gasteiger partial charge in [0.1, 0.15) is 17.1 Å². The molecule has 1 aromatic heterocycles. The molecule has 0 N–H and O–H groups in total. The molecule has 4 aromatic rings. The molecule has 1 aliphatic rings. The van der Waals surface area contributed by atoms with Crippen LogP contribution in [0.25, 0.3) is 11.0 Å². The summed E-state index contributed by atoms with van der Waals surface area (Å²) in [5.74, 6) is 0.191. The lowest BCUT2D eigenvalue weighted by Crippen LogP contribution is -2.29. The van der Waals surface area contributed by atoms with E-state index in [0.29, 0.717) is 35.1 Å². The number of hydrogen-bond acceptors (Lipinski definition) is 6. The van der Waals surface area contributed by atoms with Crippen molar-refractivity contribution in [2.45, 2.75) is 25.8 Å². The first-order valence-electron chi connectivity index (χ1n) is 12.1. The van der Waals surface area contributed by atoms with Gasteiger partial charge in [-0.05, 0) is 60.5 Å². The minimum Gasteiger partial charge on any atom is -0.495 e. The Morgan fingerprint density at radius 3 is 2.45 bits per heavy atom. The minimum absolute atomic E-state index is 0.0441. The molecule has 9 heteroatoms. The first-order valence-corrected chi connectivity index (χ1v) is 12.5. The molecule has 0 fully saturated rings. The molecule has 0 bridgehead atoms. The zero-order chi connectivity index (χ0) is 27.0. The molecule has 1 amide bonds. The standard InChI is InChI=1S/C29H25ClFNO6/c1-4-5-12-37-23-9-6-16(13-24(23)36-3)26-25-27(33)19-14-17(31)7-10-21(19)38-28(25)29(34)32(26)18-8-11-22(35-2)20(30)15-18/h6-11,13-15,26H,4-5,12H2,1-3H3. The molecule has 5 rings (SSSR count). The van der Waals surface area contributed by atoms with E-state index in [4.69, 9.17) is 30.2 Å². The summed E-state index contributed by atoms with van der Waals surface area (Å²) in [6, 6.07) is 12.9. The van der Waals surface area contributed by atoms with E-state index in [1.165, 1.54) is 31.3 Å². The van der Waals surface area contributed by atoms with Gasteiger partial charge in [-0.25, -0.2) is 4.39 Å². The molecule has 0 spiro atoms. The Bertz CT molecular complexity index is 1600. The van der Waals surface area contributed by atoms with Gasteiger partial charge in [0.25, 0.3) is 5.91 Å². The van der Waals surface area contributed by atoms with Gasteiger partial charge in [0, 0.05) is 5.69 Å². The van der Waals surface area contributed by atoms with Gasteiger partial charge in [0.05, 0.1) is 42.8 Å². The molecule has 2 heterocycles. The zero-order valence-corrected chi connectivity index (χ0v) is 21.8. The van der Waals surface area contributed by atoms with Gasteiger partial charge >= 0.3 is 0 Å².